The van der Waals surface area contributed by atoms with E-state index >= 15 is 0 Å². The fourth-order valence-electron chi connectivity index (χ4n) is 5.20. The van der Waals surface area contributed by atoms with Crippen molar-refractivity contribution >= 4 is 28.6 Å². The van der Waals surface area contributed by atoms with Crippen molar-refractivity contribution in [3.63, 3.8) is 0 Å². The zero-order valence-corrected chi connectivity index (χ0v) is 19.5. The number of aromatic nitrogens is 2. The molecule has 0 saturated carbocycles. The molecule has 0 unspecified atom stereocenters. The quantitative estimate of drug-likeness (QED) is 0.410. The van der Waals surface area contributed by atoms with Crippen LogP contribution in [0.2, 0.25) is 0 Å². The van der Waals surface area contributed by atoms with Crippen LogP contribution in [0.3, 0.4) is 0 Å². The molecular formula is C28H29N5O. The molecule has 0 radical (unpaired) electrons. The molecule has 0 amide bonds. The summed E-state index contributed by atoms with van der Waals surface area (Å²) in [6, 6.07) is 20.7. The van der Waals surface area contributed by atoms with Crippen LogP contribution in [0.15, 0.2) is 70.5 Å². The lowest BCUT2D eigenvalue weighted by Crippen LogP contribution is -2.46. The summed E-state index contributed by atoms with van der Waals surface area (Å²) >= 11 is 0. The fourth-order valence-corrected chi connectivity index (χ4v) is 5.20. The zero-order valence-electron chi connectivity index (χ0n) is 19.5. The van der Waals surface area contributed by atoms with Gasteiger partial charge < -0.3 is 9.88 Å². The second kappa shape index (κ2) is 8.61. The zero-order chi connectivity index (χ0) is 23.1. The number of aromatic amines is 1. The summed E-state index contributed by atoms with van der Waals surface area (Å²) in [6.07, 6.45) is 4.41. The van der Waals surface area contributed by atoms with Crippen LogP contribution >= 0.6 is 0 Å². The molecule has 1 fully saturated rings. The molecule has 3 aromatic carbocycles. The molecule has 6 nitrogen and oxygen atoms in total. The van der Waals surface area contributed by atoms with Crippen LogP contribution in [0.25, 0.3) is 27.8 Å². The second-order valence-corrected chi connectivity index (χ2v) is 9.17. The van der Waals surface area contributed by atoms with Gasteiger partial charge in [0.1, 0.15) is 0 Å². The number of piperazine rings is 1. The van der Waals surface area contributed by atoms with Gasteiger partial charge in [-0.25, -0.2) is 4.79 Å². The molecule has 0 atom stereocenters. The van der Waals surface area contributed by atoms with Gasteiger partial charge in [-0.05, 0) is 42.8 Å². The van der Waals surface area contributed by atoms with E-state index in [9.17, 15) is 4.79 Å². The average Bonchev–Trinajstić information content (AvgIpc) is 3.11. The van der Waals surface area contributed by atoms with Crippen molar-refractivity contribution in [1.82, 2.24) is 14.5 Å². The summed E-state index contributed by atoms with van der Waals surface area (Å²) in [4.78, 5) is 25.7. The van der Waals surface area contributed by atoms with Gasteiger partial charge in [0.25, 0.3) is 0 Å². The molecule has 34 heavy (non-hydrogen) atoms. The van der Waals surface area contributed by atoms with E-state index < -0.39 is 0 Å². The molecule has 1 aromatic heterocycles. The number of para-hydroxylation sites is 2. The minimum Gasteiger partial charge on any atom is -0.369 e. The van der Waals surface area contributed by atoms with Gasteiger partial charge in [-0.2, -0.15) is 0 Å². The number of unbranched alkanes of at least 4 members (excludes halogenated alkanes) is 1. The third-order valence-corrected chi connectivity index (χ3v) is 7.07. The predicted octanol–water partition coefficient (Wildman–Crippen LogP) is 4.97. The SMILES string of the molecule is CCCCN1CCN(c2ccc(-c3cccc4c3N=Cc3cccc5[nH]c(=O)n-4c35)cc2)CC1. The smallest absolute Gasteiger partial charge is 0.331 e. The van der Waals surface area contributed by atoms with Gasteiger partial charge >= 0.3 is 5.69 Å². The van der Waals surface area contributed by atoms with Gasteiger partial charge in [0.2, 0.25) is 0 Å². The van der Waals surface area contributed by atoms with Gasteiger partial charge in [0.15, 0.2) is 0 Å². The maximum atomic E-state index is 12.9. The van der Waals surface area contributed by atoms with Crippen LogP contribution < -0.4 is 10.6 Å². The molecule has 2 aliphatic rings. The number of anilines is 1. The highest BCUT2D eigenvalue weighted by Crippen LogP contribution is 2.38. The Morgan fingerprint density at radius 3 is 2.53 bits per heavy atom. The molecular weight excluding hydrogens is 422 g/mol. The van der Waals surface area contributed by atoms with Gasteiger partial charge in [-0.3, -0.25) is 14.5 Å². The number of fused-ring (bicyclic) bond motifs is 2. The Kier molecular flexibility index (Phi) is 5.30. The van der Waals surface area contributed by atoms with Crippen LogP contribution in [-0.2, 0) is 0 Å². The van der Waals surface area contributed by atoms with Crippen LogP contribution in [0.4, 0.5) is 11.4 Å². The van der Waals surface area contributed by atoms with E-state index in [1.807, 2.05) is 36.5 Å². The number of nitrogens with zero attached hydrogens (tertiary/aromatic N) is 4. The van der Waals surface area contributed by atoms with Crippen molar-refractivity contribution in [3.05, 3.63) is 76.7 Å². The lowest BCUT2D eigenvalue weighted by molar-refractivity contribution is 0.254. The number of nitrogens with one attached hydrogen (secondary N) is 1. The summed E-state index contributed by atoms with van der Waals surface area (Å²) in [7, 11) is 0. The van der Waals surface area contributed by atoms with Crippen molar-refractivity contribution in [2.75, 3.05) is 37.6 Å². The highest BCUT2D eigenvalue weighted by molar-refractivity contribution is 6.02. The van der Waals surface area contributed by atoms with Crippen molar-refractivity contribution in [3.8, 4) is 16.8 Å². The number of benzene rings is 3. The number of rotatable bonds is 5. The van der Waals surface area contributed by atoms with Crippen molar-refractivity contribution < 1.29 is 0 Å². The van der Waals surface area contributed by atoms with Gasteiger partial charge in [0.05, 0.1) is 22.4 Å². The number of imidazole rings is 1. The van der Waals surface area contributed by atoms with E-state index in [-0.39, 0.29) is 5.69 Å². The molecule has 6 heteroatoms. The number of aliphatic imine (C=N–C) groups is 1. The first-order chi connectivity index (χ1) is 16.7. The van der Waals surface area contributed by atoms with Gasteiger partial charge in [-0.1, -0.05) is 49.7 Å². The van der Waals surface area contributed by atoms with Gasteiger partial charge in [-0.15, -0.1) is 0 Å². The Hall–Kier alpha value is -3.64. The van der Waals surface area contributed by atoms with Gasteiger partial charge in [0, 0.05) is 49.2 Å². The Balaban J connectivity index is 1.32. The monoisotopic (exact) mass is 451 g/mol. The first kappa shape index (κ1) is 20.9. The molecule has 2 aliphatic heterocycles. The largest absolute Gasteiger partial charge is 0.369 e. The summed E-state index contributed by atoms with van der Waals surface area (Å²) in [5.74, 6) is 0. The summed E-state index contributed by atoms with van der Waals surface area (Å²) in [5.41, 5.74) is 7.52. The first-order valence-corrected chi connectivity index (χ1v) is 12.2. The maximum absolute atomic E-state index is 12.9. The molecule has 6 rings (SSSR count). The lowest BCUT2D eigenvalue weighted by Gasteiger charge is -2.36. The van der Waals surface area contributed by atoms with Crippen LogP contribution in [-0.4, -0.2) is 53.4 Å². The minimum atomic E-state index is -0.139. The highest BCUT2D eigenvalue weighted by Gasteiger charge is 2.20. The van der Waals surface area contributed by atoms with Crippen LogP contribution in [0, 0.1) is 0 Å². The normalized spacial score (nSPS) is 15.5. The maximum Gasteiger partial charge on any atom is 0.331 e. The predicted molar refractivity (Wildman–Crippen MR) is 140 cm³/mol. The lowest BCUT2D eigenvalue weighted by atomic mass is 10.0. The van der Waals surface area contributed by atoms with E-state index in [0.717, 1.165) is 65.3 Å². The van der Waals surface area contributed by atoms with Crippen molar-refractivity contribution in [2.24, 2.45) is 4.99 Å². The summed E-state index contributed by atoms with van der Waals surface area (Å²) in [5, 5.41) is 0. The standard InChI is InChI=1S/C28H29N5O/c1-2-3-14-31-15-17-32(18-16-31)22-12-10-20(11-13-22)23-7-5-9-25-26(23)29-19-21-6-4-8-24-27(21)33(25)28(34)30-24/h4-13,19H,2-3,14-18H2,1H3,(H,30,34). The fraction of sp³-hybridized carbons (Fsp3) is 0.286. The molecule has 4 aromatic rings. The Morgan fingerprint density at radius 1 is 0.941 bits per heavy atom. The minimum absolute atomic E-state index is 0.139. The molecule has 1 N–H and O–H groups in total. The number of H-pyrrole nitrogens is 1. The topological polar surface area (TPSA) is 56.6 Å². The van der Waals surface area contributed by atoms with Crippen LogP contribution in [0.5, 0.6) is 0 Å². The summed E-state index contributed by atoms with van der Waals surface area (Å²) in [6.45, 7) is 7.86. The summed E-state index contributed by atoms with van der Waals surface area (Å²) < 4.78 is 1.75. The molecule has 3 heterocycles. The van der Waals surface area contributed by atoms with E-state index in [4.69, 9.17) is 4.99 Å². The first-order valence-electron chi connectivity index (χ1n) is 12.2. The van der Waals surface area contributed by atoms with E-state index in [0.29, 0.717) is 0 Å². The Bertz CT molecular complexity index is 1420. The third-order valence-electron chi connectivity index (χ3n) is 7.07. The number of hydrogen-bond donors (Lipinski definition) is 1. The second-order valence-electron chi connectivity index (χ2n) is 9.17. The van der Waals surface area contributed by atoms with Crippen LogP contribution in [0.1, 0.15) is 25.3 Å². The van der Waals surface area contributed by atoms with Crippen molar-refractivity contribution in [1.29, 1.82) is 0 Å². The molecule has 0 aliphatic carbocycles. The molecule has 0 bridgehead atoms. The Labute approximate surface area is 199 Å². The molecule has 172 valence electrons. The third kappa shape index (κ3) is 3.55. The Morgan fingerprint density at radius 2 is 1.74 bits per heavy atom. The molecule has 0 spiro atoms. The average molecular weight is 452 g/mol. The number of hydrogen-bond acceptors (Lipinski definition) is 4. The van der Waals surface area contributed by atoms with E-state index in [2.05, 4.69) is 52.0 Å². The van der Waals surface area contributed by atoms with E-state index in [1.54, 1.807) is 4.57 Å². The highest BCUT2D eigenvalue weighted by atomic mass is 16.1. The van der Waals surface area contributed by atoms with Crippen molar-refractivity contribution in [2.45, 2.75) is 19.8 Å². The van der Waals surface area contributed by atoms with E-state index in [1.165, 1.54) is 25.1 Å². The molecule has 1 saturated heterocycles.